The Bertz CT molecular complexity index is 1030. The van der Waals surface area contributed by atoms with Crippen molar-refractivity contribution < 1.29 is 18.0 Å². The van der Waals surface area contributed by atoms with Gasteiger partial charge in [-0.3, -0.25) is 4.79 Å². The highest BCUT2D eigenvalue weighted by molar-refractivity contribution is 7.82. The number of allylic oxidation sites excluding steroid dienone is 6. The highest BCUT2D eigenvalue weighted by atomic mass is 35.5. The third kappa shape index (κ3) is 9.14. The highest BCUT2D eigenvalue weighted by Gasteiger charge is 2.30. The standard InChI is InChI=1S/C19H22ClFN4OS.C6H10F2/c1-5-14(8-7-9-21)12(3)13(4)25-17(6-2)15(11-23-25)16(10-20)24-19(27)18(22)26;7-6(8)4-2-1-3-5-6/h5-8,10-11H,2,9H2,1,3-4H3,(H2,22,26)(H,24,27);1-5H2/b8-7-,13-12+,14-5+,16-10+;. The fourth-order valence-electron chi connectivity index (χ4n) is 3.41. The third-order valence-corrected chi connectivity index (χ3v) is 5.97. The number of nitrogens with one attached hydrogen (secondary N) is 1. The zero-order chi connectivity index (χ0) is 26.6. The van der Waals surface area contributed by atoms with Crippen LogP contribution in [0.25, 0.3) is 17.5 Å². The van der Waals surface area contributed by atoms with Crippen molar-refractivity contribution in [1.82, 2.24) is 15.1 Å². The predicted molar refractivity (Wildman–Crippen MR) is 143 cm³/mol. The molecule has 0 aliphatic heterocycles. The van der Waals surface area contributed by atoms with Crippen LogP contribution in [0.3, 0.4) is 0 Å². The van der Waals surface area contributed by atoms with Crippen molar-refractivity contribution in [3.05, 3.63) is 58.9 Å². The zero-order valence-electron chi connectivity index (χ0n) is 20.2. The SMILES string of the molecule is C=Cc1c(/C(=C\Cl)NC(=S)C(N)=O)cnn1/C(C)=C(C)/C(/C=C\CF)=C/C.FC1(F)CCCCC1. The Morgan fingerprint density at radius 1 is 1.34 bits per heavy atom. The molecule has 35 heavy (non-hydrogen) atoms. The molecule has 1 aromatic heterocycles. The van der Waals surface area contributed by atoms with Crippen LogP contribution in [0.5, 0.6) is 0 Å². The Balaban J connectivity index is 0.000000642. The molecule has 1 aromatic rings. The minimum absolute atomic E-state index is 0.118. The fourth-order valence-corrected chi connectivity index (χ4v) is 3.69. The van der Waals surface area contributed by atoms with Gasteiger partial charge < -0.3 is 11.1 Å². The number of aromatic nitrogens is 2. The zero-order valence-corrected chi connectivity index (χ0v) is 21.8. The van der Waals surface area contributed by atoms with Crippen molar-refractivity contribution in [3.8, 4) is 0 Å². The van der Waals surface area contributed by atoms with E-state index in [9.17, 15) is 18.0 Å². The van der Waals surface area contributed by atoms with Gasteiger partial charge in [-0.15, -0.1) is 0 Å². The van der Waals surface area contributed by atoms with Crippen LogP contribution in [0.4, 0.5) is 13.2 Å². The van der Waals surface area contributed by atoms with Crippen LogP contribution in [0.1, 0.15) is 64.1 Å². The van der Waals surface area contributed by atoms with Crippen LogP contribution in [-0.2, 0) is 4.79 Å². The van der Waals surface area contributed by atoms with E-state index >= 15 is 0 Å². The van der Waals surface area contributed by atoms with Crippen molar-refractivity contribution in [2.75, 3.05) is 6.67 Å². The molecule has 0 saturated heterocycles. The van der Waals surface area contributed by atoms with Gasteiger partial charge in [-0.05, 0) is 50.8 Å². The molecule has 1 aliphatic rings. The van der Waals surface area contributed by atoms with Crippen molar-refractivity contribution in [2.24, 2.45) is 5.73 Å². The molecule has 1 amide bonds. The van der Waals surface area contributed by atoms with Gasteiger partial charge in [-0.2, -0.15) is 5.10 Å². The van der Waals surface area contributed by atoms with E-state index in [4.69, 9.17) is 29.6 Å². The van der Waals surface area contributed by atoms with Crippen LogP contribution in [-0.4, -0.2) is 33.3 Å². The van der Waals surface area contributed by atoms with Gasteiger partial charge in [-0.25, -0.2) is 17.9 Å². The molecule has 3 N–H and O–H groups in total. The van der Waals surface area contributed by atoms with Gasteiger partial charge in [0.2, 0.25) is 5.92 Å². The van der Waals surface area contributed by atoms with E-state index in [1.165, 1.54) is 11.6 Å². The molecule has 192 valence electrons. The van der Waals surface area contributed by atoms with Gasteiger partial charge in [0.05, 0.1) is 17.6 Å². The molecule has 0 radical (unpaired) electrons. The number of rotatable bonds is 7. The lowest BCUT2D eigenvalue weighted by molar-refractivity contribution is -0.111. The minimum Gasteiger partial charge on any atom is -0.364 e. The maximum atomic E-state index is 12.5. The average Bonchev–Trinajstić information content (AvgIpc) is 3.26. The summed E-state index contributed by atoms with van der Waals surface area (Å²) in [5.41, 5.74) is 10.6. The molecule has 0 unspecified atom stereocenters. The molecule has 0 bridgehead atoms. The number of carbonyl (C=O) groups is 1. The maximum absolute atomic E-state index is 12.5. The topological polar surface area (TPSA) is 72.9 Å². The summed E-state index contributed by atoms with van der Waals surface area (Å²) in [6, 6.07) is 0. The van der Waals surface area contributed by atoms with Gasteiger partial charge in [-0.1, -0.05) is 55.0 Å². The number of hydrogen-bond donors (Lipinski definition) is 2. The van der Waals surface area contributed by atoms with Crippen molar-refractivity contribution >= 4 is 52.2 Å². The Hall–Kier alpha value is -2.65. The fraction of sp³-hybridized carbons (Fsp3) is 0.400. The smallest absolute Gasteiger partial charge is 0.276 e. The molecule has 1 saturated carbocycles. The van der Waals surface area contributed by atoms with E-state index < -0.39 is 18.5 Å². The average molecular weight is 529 g/mol. The van der Waals surface area contributed by atoms with Gasteiger partial charge in [0.1, 0.15) is 6.67 Å². The maximum Gasteiger partial charge on any atom is 0.276 e. The van der Waals surface area contributed by atoms with E-state index in [0.29, 0.717) is 29.8 Å². The summed E-state index contributed by atoms with van der Waals surface area (Å²) in [4.78, 5) is 11.0. The van der Waals surface area contributed by atoms with Crippen molar-refractivity contribution in [3.63, 3.8) is 0 Å². The number of carbonyl (C=O) groups excluding carboxylic acids is 1. The van der Waals surface area contributed by atoms with Crippen LogP contribution in [0, 0.1) is 0 Å². The first-order valence-corrected chi connectivity index (χ1v) is 11.9. The van der Waals surface area contributed by atoms with Crippen LogP contribution >= 0.6 is 23.8 Å². The number of alkyl halides is 3. The number of primary amides is 1. The second-order valence-electron chi connectivity index (χ2n) is 7.83. The molecular weight excluding hydrogens is 497 g/mol. The Morgan fingerprint density at radius 3 is 2.40 bits per heavy atom. The lowest BCUT2D eigenvalue weighted by Crippen LogP contribution is -2.33. The van der Waals surface area contributed by atoms with E-state index in [-0.39, 0.29) is 17.8 Å². The molecule has 1 heterocycles. The summed E-state index contributed by atoms with van der Waals surface area (Å²) in [5, 5.41) is 7.09. The Kier molecular flexibility index (Phi) is 12.7. The van der Waals surface area contributed by atoms with Gasteiger partial charge >= 0.3 is 0 Å². The minimum atomic E-state index is -2.32. The highest BCUT2D eigenvalue weighted by Crippen LogP contribution is 2.32. The number of thiocarbonyl (C=S) groups is 1. The van der Waals surface area contributed by atoms with E-state index in [0.717, 1.165) is 23.3 Å². The lowest BCUT2D eigenvalue weighted by Gasteiger charge is -2.20. The molecule has 5 nitrogen and oxygen atoms in total. The first-order chi connectivity index (χ1) is 16.5. The van der Waals surface area contributed by atoms with Gasteiger partial charge in [0.15, 0.2) is 4.99 Å². The molecule has 0 spiro atoms. The number of amides is 1. The van der Waals surface area contributed by atoms with Crippen molar-refractivity contribution in [1.29, 1.82) is 0 Å². The summed E-state index contributed by atoms with van der Waals surface area (Å²) in [7, 11) is 0. The summed E-state index contributed by atoms with van der Waals surface area (Å²) >= 11 is 10.8. The second kappa shape index (κ2) is 14.7. The molecule has 10 heteroatoms. The monoisotopic (exact) mass is 528 g/mol. The number of nitrogens with zero attached hydrogens (tertiary/aromatic N) is 2. The molecule has 0 aromatic carbocycles. The lowest BCUT2D eigenvalue weighted by atomic mass is 9.97. The van der Waals surface area contributed by atoms with E-state index in [1.54, 1.807) is 23.0 Å². The quantitative estimate of drug-likeness (QED) is 0.302. The number of hydrogen-bond acceptors (Lipinski definition) is 3. The Morgan fingerprint density at radius 2 is 1.97 bits per heavy atom. The first-order valence-electron chi connectivity index (χ1n) is 11.1. The number of nitrogens with two attached hydrogens (primary N) is 1. The van der Waals surface area contributed by atoms with Gasteiger partial charge in [0, 0.05) is 29.6 Å². The molecule has 2 rings (SSSR count). The van der Waals surface area contributed by atoms with Crippen LogP contribution in [0.15, 0.2) is 47.7 Å². The van der Waals surface area contributed by atoms with E-state index in [1.807, 2.05) is 26.8 Å². The van der Waals surface area contributed by atoms with Crippen LogP contribution in [0.2, 0.25) is 0 Å². The number of halogens is 4. The van der Waals surface area contributed by atoms with Gasteiger partial charge in [0.25, 0.3) is 5.91 Å². The Labute approximate surface area is 215 Å². The molecule has 1 aliphatic carbocycles. The van der Waals surface area contributed by atoms with Crippen LogP contribution < -0.4 is 11.1 Å². The first kappa shape index (κ1) is 30.4. The third-order valence-electron chi connectivity index (χ3n) is 5.45. The largest absolute Gasteiger partial charge is 0.364 e. The molecule has 0 atom stereocenters. The second-order valence-corrected chi connectivity index (χ2v) is 8.45. The summed E-state index contributed by atoms with van der Waals surface area (Å²) in [6.07, 6.45) is 10.9. The predicted octanol–water partition coefficient (Wildman–Crippen LogP) is 6.77. The summed E-state index contributed by atoms with van der Waals surface area (Å²) in [5.74, 6) is -3.09. The molecular formula is C25H32ClF3N4OS. The normalized spacial score (nSPS) is 16.8. The summed E-state index contributed by atoms with van der Waals surface area (Å²) in [6.45, 7) is 8.97. The summed E-state index contributed by atoms with van der Waals surface area (Å²) < 4.78 is 38.5. The molecule has 1 fully saturated rings. The van der Waals surface area contributed by atoms with E-state index in [2.05, 4.69) is 17.0 Å². The van der Waals surface area contributed by atoms with Crippen molar-refractivity contribution in [2.45, 2.75) is 58.8 Å².